The molecule has 86 valence electrons. The summed E-state index contributed by atoms with van der Waals surface area (Å²) in [5.41, 5.74) is 0. The van der Waals surface area contributed by atoms with Gasteiger partial charge < -0.3 is 14.2 Å². The topological polar surface area (TPSA) is 27.7 Å². The van der Waals surface area contributed by atoms with Crippen molar-refractivity contribution in [3.05, 3.63) is 0 Å². The van der Waals surface area contributed by atoms with Crippen LogP contribution in [0.4, 0.5) is 0 Å². The lowest BCUT2D eigenvalue weighted by molar-refractivity contribution is -0.172. The van der Waals surface area contributed by atoms with Gasteiger partial charge in [0.15, 0.2) is 6.29 Å². The van der Waals surface area contributed by atoms with Crippen molar-refractivity contribution in [2.45, 2.75) is 46.3 Å². The van der Waals surface area contributed by atoms with Crippen LogP contribution in [0.1, 0.15) is 40.0 Å². The van der Waals surface area contributed by atoms with E-state index >= 15 is 0 Å². The Bertz CT molecular complexity index is 98.7. The second kappa shape index (κ2) is 11.0. The van der Waals surface area contributed by atoms with Gasteiger partial charge in [-0.3, -0.25) is 0 Å². The molecule has 0 saturated heterocycles. The molecule has 0 radical (unpaired) electrons. The van der Waals surface area contributed by atoms with E-state index in [0.29, 0.717) is 6.61 Å². The predicted molar refractivity (Wildman–Crippen MR) is 57.4 cm³/mol. The van der Waals surface area contributed by atoms with Crippen molar-refractivity contribution < 1.29 is 14.2 Å². The average molecular weight is 204 g/mol. The molecule has 0 amide bonds. The summed E-state index contributed by atoms with van der Waals surface area (Å²) in [5, 5.41) is 0. The van der Waals surface area contributed by atoms with Crippen molar-refractivity contribution in [2.75, 3.05) is 26.4 Å². The second-order valence-corrected chi connectivity index (χ2v) is 3.25. The summed E-state index contributed by atoms with van der Waals surface area (Å²) in [6, 6.07) is 0. The zero-order chi connectivity index (χ0) is 10.6. The van der Waals surface area contributed by atoms with Crippen LogP contribution in [0.2, 0.25) is 0 Å². The van der Waals surface area contributed by atoms with Crippen LogP contribution in [0.15, 0.2) is 0 Å². The molecule has 0 rings (SSSR count). The molecule has 0 N–H and O–H groups in total. The van der Waals surface area contributed by atoms with E-state index in [1.807, 2.05) is 0 Å². The molecular formula is C11H24O3. The molecule has 0 unspecified atom stereocenters. The highest BCUT2D eigenvalue weighted by Crippen LogP contribution is 1.99. The fraction of sp³-hybridized carbons (Fsp3) is 1.00. The van der Waals surface area contributed by atoms with Crippen LogP contribution in [0, 0.1) is 0 Å². The van der Waals surface area contributed by atoms with Crippen molar-refractivity contribution in [1.82, 2.24) is 0 Å². The first-order chi connectivity index (χ1) is 6.85. The second-order valence-electron chi connectivity index (χ2n) is 3.25. The van der Waals surface area contributed by atoms with E-state index in [2.05, 4.69) is 20.8 Å². The maximum atomic E-state index is 5.49. The van der Waals surface area contributed by atoms with Gasteiger partial charge in [-0.15, -0.1) is 0 Å². The molecule has 0 aromatic carbocycles. The Kier molecular flexibility index (Phi) is 10.9. The third kappa shape index (κ3) is 8.48. The fourth-order valence-electron chi connectivity index (χ4n) is 0.967. The van der Waals surface area contributed by atoms with Gasteiger partial charge in [-0.2, -0.15) is 0 Å². The Hall–Kier alpha value is -0.120. The van der Waals surface area contributed by atoms with Gasteiger partial charge in [-0.25, -0.2) is 0 Å². The van der Waals surface area contributed by atoms with Crippen LogP contribution in [-0.4, -0.2) is 32.7 Å². The monoisotopic (exact) mass is 204 g/mol. The average Bonchev–Trinajstić information content (AvgIpc) is 2.21. The molecule has 0 atom stereocenters. The maximum Gasteiger partial charge on any atom is 0.180 e. The van der Waals surface area contributed by atoms with E-state index < -0.39 is 0 Å². The van der Waals surface area contributed by atoms with Gasteiger partial charge in [-0.1, -0.05) is 20.8 Å². The largest absolute Gasteiger partial charge is 0.376 e. The fourth-order valence-corrected chi connectivity index (χ4v) is 0.967. The van der Waals surface area contributed by atoms with Gasteiger partial charge in [0.25, 0.3) is 0 Å². The molecule has 0 heterocycles. The van der Waals surface area contributed by atoms with Crippen LogP contribution in [0.5, 0.6) is 0 Å². The molecule has 14 heavy (non-hydrogen) atoms. The molecule has 3 nitrogen and oxygen atoms in total. The zero-order valence-corrected chi connectivity index (χ0v) is 9.75. The van der Waals surface area contributed by atoms with Gasteiger partial charge in [0.2, 0.25) is 0 Å². The van der Waals surface area contributed by atoms with Crippen LogP contribution >= 0.6 is 0 Å². The number of hydrogen-bond donors (Lipinski definition) is 0. The molecular weight excluding hydrogens is 180 g/mol. The third-order valence-electron chi connectivity index (χ3n) is 1.62. The lowest BCUT2D eigenvalue weighted by atomic mass is 10.5. The molecule has 0 aliphatic rings. The molecule has 0 aliphatic carbocycles. The van der Waals surface area contributed by atoms with Gasteiger partial charge in [-0.05, 0) is 19.3 Å². The number of rotatable bonds is 10. The van der Waals surface area contributed by atoms with Crippen LogP contribution < -0.4 is 0 Å². The van der Waals surface area contributed by atoms with Crippen molar-refractivity contribution in [1.29, 1.82) is 0 Å². The van der Waals surface area contributed by atoms with Gasteiger partial charge in [0.05, 0.1) is 6.61 Å². The van der Waals surface area contributed by atoms with Crippen LogP contribution in [0.25, 0.3) is 0 Å². The SMILES string of the molecule is CCCOCC(OCCC)OCCC. The van der Waals surface area contributed by atoms with E-state index in [9.17, 15) is 0 Å². The van der Waals surface area contributed by atoms with Gasteiger partial charge in [0.1, 0.15) is 0 Å². The standard InChI is InChI=1S/C11H24O3/c1-4-7-12-10-11(13-8-5-2)14-9-6-3/h11H,4-10H2,1-3H3. The van der Waals surface area contributed by atoms with E-state index in [4.69, 9.17) is 14.2 Å². The third-order valence-corrected chi connectivity index (χ3v) is 1.62. The first kappa shape index (κ1) is 13.9. The molecule has 0 aromatic heterocycles. The Morgan fingerprint density at radius 1 is 0.786 bits per heavy atom. The minimum Gasteiger partial charge on any atom is -0.376 e. The van der Waals surface area contributed by atoms with E-state index in [1.165, 1.54) is 0 Å². The molecule has 0 aromatic rings. The summed E-state index contributed by atoms with van der Waals surface area (Å²) in [5.74, 6) is 0. The highest BCUT2D eigenvalue weighted by molar-refractivity contribution is 4.43. The summed E-state index contributed by atoms with van der Waals surface area (Å²) in [7, 11) is 0. The van der Waals surface area contributed by atoms with Crippen molar-refractivity contribution in [3.8, 4) is 0 Å². The Labute approximate surface area is 87.7 Å². The molecule has 3 heteroatoms. The van der Waals surface area contributed by atoms with Crippen LogP contribution in [-0.2, 0) is 14.2 Å². The summed E-state index contributed by atoms with van der Waals surface area (Å²) < 4.78 is 16.4. The van der Waals surface area contributed by atoms with Gasteiger partial charge >= 0.3 is 0 Å². The molecule has 0 spiro atoms. The summed E-state index contributed by atoms with van der Waals surface area (Å²) in [6.45, 7) is 9.07. The van der Waals surface area contributed by atoms with Gasteiger partial charge in [0, 0.05) is 19.8 Å². The highest BCUT2D eigenvalue weighted by atomic mass is 16.7. The maximum absolute atomic E-state index is 5.49. The summed E-state index contributed by atoms with van der Waals surface area (Å²) >= 11 is 0. The number of hydrogen-bond acceptors (Lipinski definition) is 3. The Balaban J connectivity index is 3.49. The quantitative estimate of drug-likeness (QED) is 0.404. The highest BCUT2D eigenvalue weighted by Gasteiger charge is 2.08. The van der Waals surface area contributed by atoms with Crippen molar-refractivity contribution in [2.24, 2.45) is 0 Å². The Morgan fingerprint density at radius 3 is 1.71 bits per heavy atom. The van der Waals surface area contributed by atoms with Crippen molar-refractivity contribution >= 4 is 0 Å². The lowest BCUT2D eigenvalue weighted by Crippen LogP contribution is -2.24. The number of ether oxygens (including phenoxy) is 3. The minimum atomic E-state index is -0.179. The van der Waals surface area contributed by atoms with E-state index in [1.54, 1.807) is 0 Å². The molecule has 0 bridgehead atoms. The Morgan fingerprint density at radius 2 is 1.29 bits per heavy atom. The first-order valence-corrected chi connectivity index (χ1v) is 5.66. The first-order valence-electron chi connectivity index (χ1n) is 5.66. The molecule has 0 fully saturated rings. The summed E-state index contributed by atoms with van der Waals surface area (Å²) in [6.07, 6.45) is 2.88. The smallest absolute Gasteiger partial charge is 0.180 e. The summed E-state index contributed by atoms with van der Waals surface area (Å²) in [4.78, 5) is 0. The van der Waals surface area contributed by atoms with E-state index in [-0.39, 0.29) is 6.29 Å². The normalized spacial score (nSPS) is 11.1. The zero-order valence-electron chi connectivity index (χ0n) is 9.75. The van der Waals surface area contributed by atoms with E-state index in [0.717, 1.165) is 39.1 Å². The molecule has 0 saturated carbocycles. The molecule has 0 aliphatic heterocycles. The predicted octanol–water partition coefficient (Wildman–Crippen LogP) is 2.59. The van der Waals surface area contributed by atoms with Crippen LogP contribution in [0.3, 0.4) is 0 Å². The minimum absolute atomic E-state index is 0.179. The lowest BCUT2D eigenvalue weighted by Gasteiger charge is -2.17. The van der Waals surface area contributed by atoms with Crippen molar-refractivity contribution in [3.63, 3.8) is 0 Å².